The summed E-state index contributed by atoms with van der Waals surface area (Å²) in [4.78, 5) is 66.0. The largest absolute Gasteiger partial charge is 0.507 e. The van der Waals surface area contributed by atoms with Crippen molar-refractivity contribution in [3.8, 4) is 17.2 Å². The monoisotopic (exact) mass is 756 g/mol. The molecule has 3 amide bonds. The van der Waals surface area contributed by atoms with Gasteiger partial charge in [-0.2, -0.15) is 5.10 Å². The van der Waals surface area contributed by atoms with Gasteiger partial charge in [0.25, 0.3) is 17.7 Å². The number of hydrazone groups is 1. The summed E-state index contributed by atoms with van der Waals surface area (Å²) in [6.07, 6.45) is -3.27. The highest BCUT2D eigenvalue weighted by Gasteiger charge is 2.49. The van der Waals surface area contributed by atoms with E-state index < -0.39 is 113 Å². The minimum Gasteiger partial charge on any atom is -0.507 e. The number of fused-ring (bicyclic) bond motifs is 3. The lowest BCUT2D eigenvalue weighted by molar-refractivity contribution is -0.245. The van der Waals surface area contributed by atoms with Crippen LogP contribution in [0.4, 0.5) is 5.69 Å². The fraction of sp³-hybridized carbons (Fsp3) is 0.316. The van der Waals surface area contributed by atoms with Crippen molar-refractivity contribution in [1.29, 1.82) is 0 Å². The lowest BCUT2D eigenvalue weighted by atomic mass is 9.71. The van der Waals surface area contributed by atoms with Gasteiger partial charge in [0.15, 0.2) is 12.1 Å². The predicted molar refractivity (Wildman–Crippen MR) is 190 cm³/mol. The number of ketones is 2. The van der Waals surface area contributed by atoms with Gasteiger partial charge in [0.1, 0.15) is 22.8 Å². The molecule has 3 aromatic rings. The van der Waals surface area contributed by atoms with Gasteiger partial charge in [0.2, 0.25) is 5.78 Å². The second kappa shape index (κ2) is 14.1. The minimum atomic E-state index is -2.23. The molecule has 2 aliphatic carbocycles. The van der Waals surface area contributed by atoms with Crippen LogP contribution < -0.4 is 20.8 Å². The number of carbonyl (C=O) groups is 5. The molecule has 0 bridgehead atoms. The highest BCUT2D eigenvalue weighted by Crippen LogP contribution is 2.52. The first kappa shape index (κ1) is 37.5. The van der Waals surface area contributed by atoms with Gasteiger partial charge in [-0.1, -0.05) is 12.1 Å². The number of aliphatic hydroxyl groups is 3. The molecule has 2 aliphatic heterocycles. The van der Waals surface area contributed by atoms with Crippen LogP contribution in [-0.4, -0.2) is 104 Å². The lowest BCUT2D eigenvalue weighted by Crippen LogP contribution is -2.53. The van der Waals surface area contributed by atoms with E-state index in [1.807, 2.05) is 0 Å². The Bertz CT molecular complexity index is 2190. The normalized spacial score (nSPS) is 26.1. The summed E-state index contributed by atoms with van der Waals surface area (Å²) in [5, 5.41) is 60.7. The predicted octanol–water partition coefficient (Wildman–Crippen LogP) is 0.648. The number of nitrogens with one attached hydrogen (secondary N) is 1. The number of carbonyl (C=O) groups excluding carboxylic acids is 5. The molecule has 17 heteroatoms. The summed E-state index contributed by atoms with van der Waals surface area (Å²) in [5.74, 6) is -4.89. The Kier molecular flexibility index (Phi) is 9.62. The summed E-state index contributed by atoms with van der Waals surface area (Å²) in [7, 11) is 1.31. The molecule has 17 nitrogen and oxygen atoms in total. The Morgan fingerprint density at radius 3 is 2.33 bits per heavy atom. The zero-order chi connectivity index (χ0) is 39.5. The van der Waals surface area contributed by atoms with Crippen molar-refractivity contribution >= 4 is 40.7 Å². The van der Waals surface area contributed by atoms with Crippen molar-refractivity contribution in [2.24, 2.45) is 10.8 Å². The third kappa shape index (κ3) is 6.25. The van der Waals surface area contributed by atoms with E-state index in [4.69, 9.17) is 19.9 Å². The molecule has 2 heterocycles. The zero-order valence-corrected chi connectivity index (χ0v) is 29.4. The number of phenolic OH excluding ortho intramolecular Hbond substituents is 2. The molecule has 0 aromatic heterocycles. The first-order valence-corrected chi connectivity index (χ1v) is 17.2. The molecule has 0 saturated carbocycles. The van der Waals surface area contributed by atoms with Crippen LogP contribution in [0.3, 0.4) is 0 Å². The quantitative estimate of drug-likeness (QED) is 0.0563. The van der Waals surface area contributed by atoms with E-state index in [-0.39, 0.29) is 45.7 Å². The number of phenols is 2. The molecule has 1 saturated heterocycles. The Balaban J connectivity index is 1.26. The van der Waals surface area contributed by atoms with E-state index in [2.05, 4.69) is 10.5 Å². The molecule has 286 valence electrons. The maximum absolute atomic E-state index is 14.0. The average Bonchev–Trinajstić information content (AvgIpc) is 3.50. The van der Waals surface area contributed by atoms with Crippen LogP contribution in [0.15, 0.2) is 59.7 Å². The molecule has 6 atom stereocenters. The van der Waals surface area contributed by atoms with E-state index in [1.54, 1.807) is 6.92 Å². The molecule has 0 radical (unpaired) electrons. The SMILES string of the molecule is COc1cccc2c1C(=O)c1c(O)c3c(c(O)c1C2=O)C[C@@](O)(/C(CO)=N/NC(=O)c1ccc(N2C(=O)C=CC2=O)cc1)C[C@@H]3O[C@H]1C[C@H](N)[C@H](O)[C@H](C)O1. The summed E-state index contributed by atoms with van der Waals surface area (Å²) < 4.78 is 17.4. The molecule has 55 heavy (non-hydrogen) atoms. The molecule has 0 spiro atoms. The highest BCUT2D eigenvalue weighted by molar-refractivity contribution is 6.31. The number of aliphatic hydroxyl groups excluding tert-OH is 2. The fourth-order valence-corrected chi connectivity index (χ4v) is 7.50. The van der Waals surface area contributed by atoms with Gasteiger partial charge < -0.3 is 45.5 Å². The van der Waals surface area contributed by atoms with Crippen molar-refractivity contribution in [3.63, 3.8) is 0 Å². The molecule has 8 N–H and O–H groups in total. The smallest absolute Gasteiger partial charge is 0.271 e. The van der Waals surface area contributed by atoms with E-state index in [0.29, 0.717) is 0 Å². The Labute approximate surface area is 312 Å². The summed E-state index contributed by atoms with van der Waals surface area (Å²) >= 11 is 0. The summed E-state index contributed by atoms with van der Waals surface area (Å²) in [6, 6.07) is 8.93. The second-order valence-corrected chi connectivity index (χ2v) is 13.6. The van der Waals surface area contributed by atoms with Gasteiger partial charge in [-0.15, -0.1) is 0 Å². The number of aromatic hydroxyl groups is 2. The molecule has 4 aliphatic rings. The van der Waals surface area contributed by atoms with Gasteiger partial charge in [0, 0.05) is 59.7 Å². The van der Waals surface area contributed by atoms with E-state index in [9.17, 15) is 49.5 Å². The number of nitrogens with zero attached hydrogens (tertiary/aromatic N) is 2. The number of hydrogen-bond donors (Lipinski definition) is 7. The molecule has 3 aromatic carbocycles. The lowest BCUT2D eigenvalue weighted by Gasteiger charge is -2.43. The standard InChI is InChI=1S/C38H36N4O13/c1-16-32(46)21(39)12-27(54-16)55-23-14-38(52,24(15-43)40-41-37(51)17-6-8-18(9-7-17)42-25(44)10-11-26(42)45)13-20-29(23)36(50)31-30(34(20)48)33(47)19-4-3-5-22(53-2)28(19)35(31)49/h3-11,16,21,23,27,32,43,46,48,50,52H,12-15,39H2,1-2H3,(H,41,51)/b40-24+/t16-,21-,23-,27-,32+,38-/m0/s1. The number of amides is 3. The van der Waals surface area contributed by atoms with Crippen molar-refractivity contribution in [3.05, 3.63) is 93.6 Å². The number of rotatable bonds is 8. The van der Waals surface area contributed by atoms with E-state index in [1.165, 1.54) is 49.6 Å². The molecule has 7 rings (SSSR count). The van der Waals surface area contributed by atoms with Gasteiger partial charge in [-0.3, -0.25) is 24.0 Å². The van der Waals surface area contributed by atoms with Crippen LogP contribution in [0, 0.1) is 0 Å². The first-order chi connectivity index (χ1) is 26.2. The van der Waals surface area contributed by atoms with Crippen molar-refractivity contribution in [2.75, 3.05) is 18.6 Å². The maximum atomic E-state index is 14.0. The second-order valence-electron chi connectivity index (χ2n) is 13.6. The fourth-order valence-electron chi connectivity index (χ4n) is 7.50. The number of imide groups is 1. The van der Waals surface area contributed by atoms with Gasteiger partial charge in [0.05, 0.1) is 60.1 Å². The van der Waals surface area contributed by atoms with Gasteiger partial charge in [-0.05, 0) is 37.3 Å². The molecule has 0 unspecified atom stereocenters. The third-order valence-corrected chi connectivity index (χ3v) is 10.3. The molecular formula is C38H36N4O13. The van der Waals surface area contributed by atoms with Crippen molar-refractivity contribution in [1.82, 2.24) is 5.43 Å². The van der Waals surface area contributed by atoms with Crippen LogP contribution in [0.5, 0.6) is 17.2 Å². The van der Waals surface area contributed by atoms with Crippen LogP contribution >= 0.6 is 0 Å². The van der Waals surface area contributed by atoms with Crippen LogP contribution in [0.1, 0.15) is 79.2 Å². The van der Waals surface area contributed by atoms with Crippen LogP contribution in [-0.2, 0) is 25.5 Å². The topological polar surface area (TPSA) is 268 Å². The van der Waals surface area contributed by atoms with Crippen LogP contribution in [0.25, 0.3) is 0 Å². The number of nitrogens with two attached hydrogens (primary N) is 1. The van der Waals surface area contributed by atoms with E-state index in [0.717, 1.165) is 17.1 Å². The number of anilines is 1. The number of ether oxygens (including phenoxy) is 3. The highest BCUT2D eigenvalue weighted by atomic mass is 16.7. The summed E-state index contributed by atoms with van der Waals surface area (Å²) in [5.41, 5.74) is 4.41. The van der Waals surface area contributed by atoms with Gasteiger partial charge >= 0.3 is 0 Å². The van der Waals surface area contributed by atoms with E-state index >= 15 is 0 Å². The first-order valence-electron chi connectivity index (χ1n) is 17.2. The number of benzene rings is 3. The Morgan fingerprint density at radius 2 is 1.69 bits per heavy atom. The van der Waals surface area contributed by atoms with Crippen molar-refractivity contribution < 1.29 is 63.7 Å². The number of methoxy groups -OCH3 is 1. The minimum absolute atomic E-state index is 0.0374. The van der Waals surface area contributed by atoms with Crippen LogP contribution in [0.2, 0.25) is 0 Å². The third-order valence-electron chi connectivity index (χ3n) is 10.3. The van der Waals surface area contributed by atoms with Gasteiger partial charge in [-0.25, -0.2) is 10.3 Å². The summed E-state index contributed by atoms with van der Waals surface area (Å²) in [6.45, 7) is 0.635. The molecule has 1 fully saturated rings. The zero-order valence-electron chi connectivity index (χ0n) is 29.4. The Morgan fingerprint density at radius 1 is 1.02 bits per heavy atom. The number of hydrogen-bond acceptors (Lipinski definition) is 15. The average molecular weight is 757 g/mol. The van der Waals surface area contributed by atoms with Crippen molar-refractivity contribution in [2.45, 2.75) is 62.4 Å². The maximum Gasteiger partial charge on any atom is 0.271 e. The Hall–Kier alpha value is -5.82. The molecular weight excluding hydrogens is 720 g/mol.